The largest absolute Gasteiger partial charge is 0.497 e. The number of aromatic nitrogens is 2. The molecule has 1 aliphatic heterocycles. The molecule has 0 amide bonds. The highest BCUT2D eigenvalue weighted by atomic mass is 16.5. The van der Waals surface area contributed by atoms with Crippen LogP contribution in [0.4, 0.5) is 5.69 Å². The van der Waals surface area contributed by atoms with Crippen molar-refractivity contribution in [1.82, 2.24) is 14.7 Å². The van der Waals surface area contributed by atoms with Crippen LogP contribution in [0.15, 0.2) is 41.3 Å². The molecule has 1 aliphatic rings. The second-order valence-corrected chi connectivity index (χ2v) is 7.14. The molecule has 0 aliphatic carbocycles. The maximum absolute atomic E-state index is 11.9. The zero-order valence-corrected chi connectivity index (χ0v) is 16.4. The number of ether oxygens (including phenoxy) is 1. The Bertz CT molecular complexity index is 829. The minimum absolute atomic E-state index is 0.103. The van der Waals surface area contributed by atoms with Crippen LogP contribution in [0.25, 0.3) is 0 Å². The Morgan fingerprint density at radius 1 is 1.22 bits per heavy atom. The molecule has 0 spiro atoms. The topological polar surface area (TPSA) is 76.6 Å². The van der Waals surface area contributed by atoms with Crippen molar-refractivity contribution < 1.29 is 4.74 Å². The third kappa shape index (κ3) is 4.31. The highest BCUT2D eigenvalue weighted by Gasteiger charge is 2.33. The Morgan fingerprint density at radius 3 is 2.59 bits per heavy atom. The number of piperazine rings is 1. The second kappa shape index (κ2) is 8.10. The van der Waals surface area contributed by atoms with Crippen LogP contribution in [-0.4, -0.2) is 53.6 Å². The maximum atomic E-state index is 11.9. The van der Waals surface area contributed by atoms with Gasteiger partial charge < -0.3 is 15.4 Å². The van der Waals surface area contributed by atoms with Gasteiger partial charge >= 0.3 is 0 Å². The Balaban J connectivity index is 1.68. The highest BCUT2D eigenvalue weighted by molar-refractivity contribution is 5.51. The zero-order chi connectivity index (χ0) is 19.4. The summed E-state index contributed by atoms with van der Waals surface area (Å²) in [6.45, 7) is 5.66. The lowest BCUT2D eigenvalue weighted by Gasteiger charge is -2.46. The smallest absolute Gasteiger partial charge is 0.266 e. The normalized spacial score (nSPS) is 17.6. The van der Waals surface area contributed by atoms with Gasteiger partial charge in [-0.25, -0.2) is 4.68 Å². The first-order valence-corrected chi connectivity index (χ1v) is 9.40. The first-order chi connectivity index (χ1) is 12.9. The van der Waals surface area contributed by atoms with Crippen molar-refractivity contribution in [3.05, 3.63) is 52.4 Å². The monoisotopic (exact) mass is 371 g/mol. The fraction of sp³-hybridized carbons (Fsp3) is 0.500. The standard InChI is InChI=1S/C20H29N5O2/c1-4-20(21,14-16-12-19(26)23(2)22-15-16)25-10-8-24(9-11-25)17-6-5-7-18(13-17)27-3/h5-7,12-13,15H,4,8-11,14,21H2,1-3H3. The number of hydrogen-bond donors (Lipinski definition) is 1. The molecule has 1 saturated heterocycles. The lowest BCUT2D eigenvalue weighted by Crippen LogP contribution is -2.62. The molecule has 1 aromatic carbocycles. The van der Waals surface area contributed by atoms with Gasteiger partial charge in [0.2, 0.25) is 0 Å². The van der Waals surface area contributed by atoms with E-state index in [4.69, 9.17) is 10.5 Å². The van der Waals surface area contributed by atoms with Crippen LogP contribution in [0, 0.1) is 0 Å². The second-order valence-electron chi connectivity index (χ2n) is 7.14. The number of anilines is 1. The molecule has 0 radical (unpaired) electrons. The molecule has 1 fully saturated rings. The van der Waals surface area contributed by atoms with Gasteiger partial charge in [0.15, 0.2) is 0 Å². The van der Waals surface area contributed by atoms with Gasteiger partial charge in [-0.15, -0.1) is 0 Å². The first-order valence-electron chi connectivity index (χ1n) is 9.40. The number of methoxy groups -OCH3 is 1. The average Bonchev–Trinajstić information content (AvgIpc) is 2.71. The van der Waals surface area contributed by atoms with Gasteiger partial charge in [-0.1, -0.05) is 13.0 Å². The molecule has 146 valence electrons. The summed E-state index contributed by atoms with van der Waals surface area (Å²) in [4.78, 5) is 16.6. The van der Waals surface area contributed by atoms with E-state index in [0.717, 1.165) is 43.9 Å². The lowest BCUT2D eigenvalue weighted by molar-refractivity contribution is 0.0805. The van der Waals surface area contributed by atoms with Crippen LogP contribution < -0.4 is 20.9 Å². The van der Waals surface area contributed by atoms with E-state index in [0.29, 0.717) is 6.42 Å². The van der Waals surface area contributed by atoms with Crippen molar-refractivity contribution in [2.24, 2.45) is 12.8 Å². The summed E-state index contributed by atoms with van der Waals surface area (Å²) >= 11 is 0. The molecule has 2 heterocycles. The number of nitrogens with two attached hydrogens (primary N) is 1. The molecule has 3 rings (SSSR count). The summed E-state index contributed by atoms with van der Waals surface area (Å²) in [7, 11) is 3.34. The predicted molar refractivity (Wildman–Crippen MR) is 107 cm³/mol. The van der Waals surface area contributed by atoms with Crippen molar-refractivity contribution in [1.29, 1.82) is 0 Å². The van der Waals surface area contributed by atoms with Crippen LogP contribution in [0.1, 0.15) is 18.9 Å². The lowest BCUT2D eigenvalue weighted by atomic mass is 9.96. The molecular formula is C20H29N5O2. The minimum Gasteiger partial charge on any atom is -0.497 e. The van der Waals surface area contributed by atoms with E-state index in [2.05, 4.69) is 34.0 Å². The van der Waals surface area contributed by atoms with Crippen molar-refractivity contribution in [2.45, 2.75) is 25.4 Å². The molecule has 1 unspecified atom stereocenters. The maximum Gasteiger partial charge on any atom is 0.266 e. The van der Waals surface area contributed by atoms with Crippen molar-refractivity contribution >= 4 is 5.69 Å². The van der Waals surface area contributed by atoms with E-state index in [1.165, 1.54) is 10.4 Å². The van der Waals surface area contributed by atoms with Gasteiger partial charge in [-0.05, 0) is 24.1 Å². The Hall–Kier alpha value is -2.38. The predicted octanol–water partition coefficient (Wildman–Crippen LogP) is 1.22. The molecule has 7 nitrogen and oxygen atoms in total. The summed E-state index contributed by atoms with van der Waals surface area (Å²) in [5.74, 6) is 0.870. The van der Waals surface area contributed by atoms with Crippen molar-refractivity contribution in [3.8, 4) is 5.75 Å². The third-order valence-electron chi connectivity index (χ3n) is 5.47. The summed E-state index contributed by atoms with van der Waals surface area (Å²) in [5, 5.41) is 4.12. The molecule has 7 heteroatoms. The summed E-state index contributed by atoms with van der Waals surface area (Å²) in [6, 6.07) is 9.79. The molecule has 0 saturated carbocycles. The molecule has 2 aromatic rings. The van der Waals surface area contributed by atoms with Gasteiger partial charge in [0.25, 0.3) is 5.56 Å². The fourth-order valence-electron chi connectivity index (χ4n) is 3.63. The van der Waals surface area contributed by atoms with E-state index >= 15 is 0 Å². The number of aryl methyl sites for hydroxylation is 1. The van der Waals surface area contributed by atoms with Crippen LogP contribution in [0.5, 0.6) is 5.75 Å². The molecule has 2 N–H and O–H groups in total. The SMILES string of the molecule is CCC(N)(Cc1cnn(C)c(=O)c1)N1CCN(c2cccc(OC)c2)CC1. The van der Waals surface area contributed by atoms with Gasteiger partial charge in [0, 0.05) is 57.5 Å². The summed E-state index contributed by atoms with van der Waals surface area (Å²) < 4.78 is 6.67. The van der Waals surface area contributed by atoms with Gasteiger partial charge in [-0.2, -0.15) is 5.10 Å². The molecule has 27 heavy (non-hydrogen) atoms. The first kappa shape index (κ1) is 19.4. The molecular weight excluding hydrogens is 342 g/mol. The van der Waals surface area contributed by atoms with Gasteiger partial charge in [0.1, 0.15) is 5.75 Å². The number of nitrogens with zero attached hydrogens (tertiary/aromatic N) is 4. The van der Waals surface area contributed by atoms with Crippen molar-refractivity contribution in [3.63, 3.8) is 0 Å². The minimum atomic E-state index is -0.478. The third-order valence-corrected chi connectivity index (χ3v) is 5.47. The number of hydrogen-bond acceptors (Lipinski definition) is 6. The molecule has 1 aromatic heterocycles. The number of benzene rings is 1. The Labute approximate surface area is 160 Å². The fourth-order valence-corrected chi connectivity index (χ4v) is 3.63. The van der Waals surface area contributed by atoms with E-state index in [1.807, 2.05) is 12.1 Å². The average molecular weight is 371 g/mol. The van der Waals surface area contributed by atoms with Crippen LogP contribution >= 0.6 is 0 Å². The van der Waals surface area contributed by atoms with Crippen LogP contribution in [-0.2, 0) is 13.5 Å². The van der Waals surface area contributed by atoms with Gasteiger partial charge in [0.05, 0.1) is 19.0 Å². The molecule has 0 bridgehead atoms. The Morgan fingerprint density at radius 2 is 1.96 bits per heavy atom. The quantitative estimate of drug-likeness (QED) is 0.823. The summed E-state index contributed by atoms with van der Waals surface area (Å²) in [5.41, 5.74) is 8.25. The summed E-state index contributed by atoms with van der Waals surface area (Å²) in [6.07, 6.45) is 3.16. The van der Waals surface area contributed by atoms with Crippen molar-refractivity contribution in [2.75, 3.05) is 38.2 Å². The highest BCUT2D eigenvalue weighted by Crippen LogP contribution is 2.25. The number of rotatable bonds is 6. The van der Waals surface area contributed by atoms with E-state index in [9.17, 15) is 4.79 Å². The molecule has 1 atom stereocenters. The zero-order valence-electron chi connectivity index (χ0n) is 16.4. The van der Waals surface area contributed by atoms with E-state index < -0.39 is 5.66 Å². The van der Waals surface area contributed by atoms with E-state index in [-0.39, 0.29) is 5.56 Å². The Kier molecular flexibility index (Phi) is 5.82. The van der Waals surface area contributed by atoms with Crippen LogP contribution in [0.3, 0.4) is 0 Å². The van der Waals surface area contributed by atoms with E-state index in [1.54, 1.807) is 26.4 Å². The van der Waals surface area contributed by atoms with Gasteiger partial charge in [-0.3, -0.25) is 9.69 Å². The van der Waals surface area contributed by atoms with Crippen LogP contribution in [0.2, 0.25) is 0 Å².